The molecule has 0 aliphatic carbocycles. The lowest BCUT2D eigenvalue weighted by molar-refractivity contribution is -0.134. The second-order valence-corrected chi connectivity index (χ2v) is 6.97. The average Bonchev–Trinajstić information content (AvgIpc) is 2.76. The number of likely N-dealkylation sites (tertiary alicyclic amines) is 1. The van der Waals surface area contributed by atoms with E-state index in [0.29, 0.717) is 12.4 Å². The third-order valence-corrected chi connectivity index (χ3v) is 5.04. The van der Waals surface area contributed by atoms with Gasteiger partial charge in [0.2, 0.25) is 11.8 Å². The second-order valence-electron chi connectivity index (χ2n) is 6.97. The summed E-state index contributed by atoms with van der Waals surface area (Å²) < 4.78 is 5.98. The van der Waals surface area contributed by atoms with E-state index in [4.69, 9.17) is 4.74 Å². The topological polar surface area (TPSA) is 55.3 Å². The summed E-state index contributed by atoms with van der Waals surface area (Å²) in [7, 11) is 0. The Morgan fingerprint density at radius 3 is 2.29 bits per heavy atom. The number of amides is 1. The molecule has 0 spiro atoms. The first-order valence-electron chi connectivity index (χ1n) is 9.62. The van der Waals surface area contributed by atoms with Crippen molar-refractivity contribution in [3.8, 4) is 5.88 Å². The minimum atomic E-state index is -0.305. The first-order valence-corrected chi connectivity index (χ1v) is 9.62. The fourth-order valence-corrected chi connectivity index (χ4v) is 3.70. The van der Waals surface area contributed by atoms with Gasteiger partial charge >= 0.3 is 0 Å². The van der Waals surface area contributed by atoms with Gasteiger partial charge in [0.05, 0.1) is 12.5 Å². The standard InChI is InChI=1S/C23H23N3O2/c27-23(22(18-8-3-1-4-9-18)19-10-5-2-6-11-19)26-15-7-12-20(16-26)28-21-13-14-24-17-25-21/h1-6,8-11,13-14,17,20,22H,7,12,15-16H2/t20-/m1/s1. The molecule has 0 unspecified atom stereocenters. The van der Waals surface area contributed by atoms with Crippen LogP contribution in [0.15, 0.2) is 79.3 Å². The highest BCUT2D eigenvalue weighted by atomic mass is 16.5. The molecule has 0 bridgehead atoms. The zero-order valence-corrected chi connectivity index (χ0v) is 15.6. The van der Waals surface area contributed by atoms with Gasteiger partial charge in [0.25, 0.3) is 0 Å². The maximum Gasteiger partial charge on any atom is 0.234 e. The number of aromatic nitrogens is 2. The predicted octanol–water partition coefficient (Wildman–Crippen LogP) is 3.68. The van der Waals surface area contributed by atoms with Gasteiger partial charge in [-0.2, -0.15) is 0 Å². The van der Waals surface area contributed by atoms with E-state index in [1.54, 1.807) is 12.3 Å². The molecule has 0 radical (unpaired) electrons. The molecular formula is C23H23N3O2. The van der Waals surface area contributed by atoms with E-state index in [0.717, 1.165) is 30.5 Å². The summed E-state index contributed by atoms with van der Waals surface area (Å²) in [5.41, 5.74) is 2.02. The van der Waals surface area contributed by atoms with Crippen molar-refractivity contribution in [1.82, 2.24) is 14.9 Å². The number of hydrogen-bond donors (Lipinski definition) is 0. The lowest BCUT2D eigenvalue weighted by atomic mass is 9.89. The molecule has 0 saturated carbocycles. The first kappa shape index (κ1) is 18.2. The van der Waals surface area contributed by atoms with E-state index >= 15 is 0 Å². The highest BCUT2D eigenvalue weighted by molar-refractivity contribution is 5.87. The van der Waals surface area contributed by atoms with E-state index in [9.17, 15) is 4.79 Å². The fourth-order valence-electron chi connectivity index (χ4n) is 3.70. The van der Waals surface area contributed by atoms with Crippen molar-refractivity contribution in [1.29, 1.82) is 0 Å². The van der Waals surface area contributed by atoms with E-state index in [1.807, 2.05) is 65.6 Å². The van der Waals surface area contributed by atoms with E-state index in [2.05, 4.69) is 9.97 Å². The predicted molar refractivity (Wildman–Crippen MR) is 107 cm³/mol. The van der Waals surface area contributed by atoms with Crippen LogP contribution in [-0.2, 0) is 4.79 Å². The summed E-state index contributed by atoms with van der Waals surface area (Å²) in [4.78, 5) is 23.5. The van der Waals surface area contributed by atoms with Gasteiger partial charge in [0.15, 0.2) is 0 Å². The molecule has 3 aromatic rings. The number of rotatable bonds is 5. The minimum absolute atomic E-state index is 0.0557. The Balaban J connectivity index is 1.55. The van der Waals surface area contributed by atoms with E-state index < -0.39 is 0 Å². The number of hydrogen-bond acceptors (Lipinski definition) is 4. The molecule has 1 saturated heterocycles. The van der Waals surface area contributed by atoms with E-state index in [1.165, 1.54) is 6.33 Å². The highest BCUT2D eigenvalue weighted by Gasteiger charge is 2.31. The third-order valence-electron chi connectivity index (χ3n) is 5.04. The summed E-state index contributed by atoms with van der Waals surface area (Å²) in [6.45, 7) is 1.32. The summed E-state index contributed by atoms with van der Waals surface area (Å²) in [5, 5.41) is 0. The molecule has 1 aliphatic rings. The normalized spacial score (nSPS) is 16.8. The van der Waals surface area contributed by atoms with Crippen LogP contribution in [0.3, 0.4) is 0 Å². The molecule has 5 heteroatoms. The summed E-state index contributed by atoms with van der Waals surface area (Å²) in [6, 6.07) is 21.7. The number of carbonyl (C=O) groups is 1. The maximum absolute atomic E-state index is 13.5. The van der Waals surface area contributed by atoms with Crippen LogP contribution in [0.4, 0.5) is 0 Å². The molecule has 28 heavy (non-hydrogen) atoms. The van der Waals surface area contributed by atoms with Crippen LogP contribution in [0.25, 0.3) is 0 Å². The molecule has 1 aromatic heterocycles. The van der Waals surface area contributed by atoms with Crippen LogP contribution in [0.2, 0.25) is 0 Å². The smallest absolute Gasteiger partial charge is 0.234 e. The van der Waals surface area contributed by atoms with Gasteiger partial charge in [-0.15, -0.1) is 0 Å². The number of nitrogens with zero attached hydrogens (tertiary/aromatic N) is 3. The van der Waals surface area contributed by atoms with E-state index in [-0.39, 0.29) is 17.9 Å². The molecule has 1 aliphatic heterocycles. The van der Waals surface area contributed by atoms with Gasteiger partial charge < -0.3 is 9.64 Å². The van der Waals surface area contributed by atoms with Crippen molar-refractivity contribution >= 4 is 5.91 Å². The molecule has 1 atom stereocenters. The van der Waals surface area contributed by atoms with Crippen molar-refractivity contribution < 1.29 is 9.53 Å². The van der Waals surface area contributed by atoms with Crippen molar-refractivity contribution in [2.24, 2.45) is 0 Å². The number of benzene rings is 2. The Bertz CT molecular complexity index is 848. The van der Waals surface area contributed by atoms with Gasteiger partial charge in [-0.3, -0.25) is 4.79 Å². The maximum atomic E-state index is 13.5. The van der Waals surface area contributed by atoms with Crippen molar-refractivity contribution in [2.75, 3.05) is 13.1 Å². The molecule has 2 aromatic carbocycles. The van der Waals surface area contributed by atoms with Crippen LogP contribution < -0.4 is 4.74 Å². The van der Waals surface area contributed by atoms with Crippen LogP contribution in [0, 0.1) is 0 Å². The van der Waals surface area contributed by atoms with Crippen molar-refractivity contribution in [3.05, 3.63) is 90.4 Å². The quantitative estimate of drug-likeness (QED) is 0.685. The van der Waals surface area contributed by atoms with Crippen molar-refractivity contribution in [3.63, 3.8) is 0 Å². The van der Waals surface area contributed by atoms with Gasteiger partial charge in [-0.1, -0.05) is 60.7 Å². The number of carbonyl (C=O) groups excluding carboxylic acids is 1. The largest absolute Gasteiger partial charge is 0.472 e. The van der Waals surface area contributed by atoms with Gasteiger partial charge in [0, 0.05) is 18.8 Å². The average molecular weight is 373 g/mol. The summed E-state index contributed by atoms with van der Waals surface area (Å²) in [6.07, 6.45) is 4.91. The monoisotopic (exact) mass is 373 g/mol. The molecule has 5 nitrogen and oxygen atoms in total. The van der Waals surface area contributed by atoms with Crippen LogP contribution >= 0.6 is 0 Å². The SMILES string of the molecule is O=C(C(c1ccccc1)c1ccccc1)N1CCC[C@@H](Oc2ccncn2)C1. The Morgan fingerprint density at radius 1 is 1.00 bits per heavy atom. The Labute approximate surface area is 165 Å². The molecule has 1 fully saturated rings. The zero-order chi connectivity index (χ0) is 19.2. The van der Waals surface area contributed by atoms with Crippen molar-refractivity contribution in [2.45, 2.75) is 24.9 Å². The second kappa shape index (κ2) is 8.65. The van der Waals surface area contributed by atoms with Crippen LogP contribution in [0.5, 0.6) is 5.88 Å². The van der Waals surface area contributed by atoms with Crippen LogP contribution in [0.1, 0.15) is 29.9 Å². The Morgan fingerprint density at radius 2 is 1.68 bits per heavy atom. The lowest BCUT2D eigenvalue weighted by Crippen LogP contribution is -2.46. The zero-order valence-electron chi connectivity index (χ0n) is 15.6. The van der Waals surface area contributed by atoms with Crippen LogP contribution in [-0.4, -0.2) is 40.0 Å². The summed E-state index contributed by atoms with van der Waals surface area (Å²) in [5.74, 6) is 0.366. The molecule has 1 amide bonds. The fraction of sp³-hybridized carbons (Fsp3) is 0.261. The molecule has 0 N–H and O–H groups in total. The van der Waals surface area contributed by atoms with Gasteiger partial charge in [-0.25, -0.2) is 9.97 Å². The Hall–Kier alpha value is -3.21. The molecule has 142 valence electrons. The third kappa shape index (κ3) is 4.19. The lowest BCUT2D eigenvalue weighted by Gasteiger charge is -2.35. The Kier molecular flexibility index (Phi) is 5.61. The molecular weight excluding hydrogens is 350 g/mol. The van der Waals surface area contributed by atoms with Gasteiger partial charge in [-0.05, 0) is 24.0 Å². The summed E-state index contributed by atoms with van der Waals surface area (Å²) >= 11 is 0. The highest BCUT2D eigenvalue weighted by Crippen LogP contribution is 2.28. The minimum Gasteiger partial charge on any atom is -0.472 e. The molecule has 4 rings (SSSR count). The molecule has 2 heterocycles. The first-order chi connectivity index (χ1) is 13.8. The number of ether oxygens (including phenoxy) is 1. The number of piperidine rings is 1. The van der Waals surface area contributed by atoms with Gasteiger partial charge in [0.1, 0.15) is 12.4 Å².